The Kier molecular flexibility index (Phi) is 10.3. The highest BCUT2D eigenvalue weighted by Crippen LogP contribution is 2.43. The van der Waals surface area contributed by atoms with Crippen LogP contribution in [0.15, 0.2) is 54.9 Å². The van der Waals surface area contributed by atoms with Gasteiger partial charge in [0, 0.05) is 47.9 Å². The summed E-state index contributed by atoms with van der Waals surface area (Å²) in [5, 5.41) is 3.33. The first-order valence-electron chi connectivity index (χ1n) is 15.3. The normalized spacial score (nSPS) is 15.7. The summed E-state index contributed by atoms with van der Waals surface area (Å²) in [6.07, 6.45) is 4.66. The Labute approximate surface area is 257 Å². The number of ether oxygens (including phenoxy) is 3. The maximum absolute atomic E-state index is 13.6. The molecule has 0 unspecified atom stereocenters. The summed E-state index contributed by atoms with van der Waals surface area (Å²) < 4.78 is 18.0. The van der Waals surface area contributed by atoms with Gasteiger partial charge in [0.25, 0.3) is 0 Å². The molecule has 8 nitrogen and oxygen atoms in total. The predicted molar refractivity (Wildman–Crippen MR) is 173 cm³/mol. The van der Waals surface area contributed by atoms with Crippen LogP contribution in [-0.4, -0.2) is 53.9 Å². The van der Waals surface area contributed by atoms with E-state index in [2.05, 4.69) is 24.1 Å². The van der Waals surface area contributed by atoms with Crippen LogP contribution < -0.4 is 15.0 Å². The smallest absolute Gasteiger partial charge is 0.340 e. The molecule has 0 bridgehead atoms. The second kappa shape index (κ2) is 13.8. The van der Waals surface area contributed by atoms with Gasteiger partial charge in [-0.2, -0.15) is 0 Å². The zero-order valence-electron chi connectivity index (χ0n) is 27.1. The van der Waals surface area contributed by atoms with Crippen molar-refractivity contribution in [3.05, 3.63) is 66.1 Å². The number of para-hydroxylation sites is 1. The molecule has 1 aliphatic rings. The number of aromatic nitrogens is 2. The maximum Gasteiger partial charge on any atom is 0.340 e. The lowest BCUT2D eigenvalue weighted by atomic mass is 9.82. The molecule has 43 heavy (non-hydrogen) atoms. The minimum absolute atomic E-state index is 0.260. The second-order valence-electron chi connectivity index (χ2n) is 13.3. The summed E-state index contributed by atoms with van der Waals surface area (Å²) in [7, 11) is 0. The third-order valence-electron chi connectivity index (χ3n) is 7.51. The van der Waals surface area contributed by atoms with Crippen molar-refractivity contribution >= 4 is 17.5 Å². The van der Waals surface area contributed by atoms with E-state index >= 15 is 0 Å². The Bertz CT molecular complexity index is 1340. The van der Waals surface area contributed by atoms with Gasteiger partial charge >= 0.3 is 5.97 Å². The van der Waals surface area contributed by atoms with Crippen LogP contribution in [0.5, 0.6) is 5.75 Å². The standard InChI is InChI=1S/C35H48N4O4/c1-24(2)42-33(40)32(43-34(4,5)6)30-25(3)37-23-28(31(30)39-19-16-35(7,8)17-20-39)26-14-15-29(38-22-26)36-18-21-41-27-12-10-9-11-13-27/h9-15,22-24,32H,16-21H2,1-8H3,(H,36,38)/t32-/m0/s1. The van der Waals surface area contributed by atoms with Crippen molar-refractivity contribution in [3.63, 3.8) is 0 Å². The topological polar surface area (TPSA) is 85.8 Å². The Hall–Kier alpha value is -3.65. The minimum atomic E-state index is -0.918. The van der Waals surface area contributed by atoms with Crippen LogP contribution in [0, 0.1) is 12.3 Å². The van der Waals surface area contributed by atoms with E-state index in [1.54, 1.807) is 0 Å². The number of nitrogens with zero attached hydrogens (tertiary/aromatic N) is 3. The fraction of sp³-hybridized carbons (Fsp3) is 0.514. The zero-order chi connectivity index (χ0) is 31.2. The summed E-state index contributed by atoms with van der Waals surface area (Å²) in [6.45, 7) is 19.0. The van der Waals surface area contributed by atoms with Crippen LogP contribution in [0.25, 0.3) is 11.1 Å². The van der Waals surface area contributed by atoms with Gasteiger partial charge in [-0.1, -0.05) is 32.0 Å². The van der Waals surface area contributed by atoms with E-state index in [-0.39, 0.29) is 11.5 Å². The summed E-state index contributed by atoms with van der Waals surface area (Å²) >= 11 is 0. The fourth-order valence-corrected chi connectivity index (χ4v) is 5.20. The number of esters is 1. The molecule has 2 aromatic heterocycles. The van der Waals surface area contributed by atoms with Gasteiger partial charge in [-0.15, -0.1) is 0 Å². The molecular formula is C35H48N4O4. The number of carbonyl (C=O) groups excluding carboxylic acids is 1. The van der Waals surface area contributed by atoms with E-state index in [1.165, 1.54) is 0 Å². The Balaban J connectivity index is 1.68. The van der Waals surface area contributed by atoms with Crippen LogP contribution in [0.4, 0.5) is 11.5 Å². The van der Waals surface area contributed by atoms with Gasteiger partial charge in [0.15, 0.2) is 6.10 Å². The third-order valence-corrected chi connectivity index (χ3v) is 7.51. The van der Waals surface area contributed by atoms with Gasteiger partial charge in [-0.25, -0.2) is 9.78 Å². The summed E-state index contributed by atoms with van der Waals surface area (Å²) in [5.41, 5.74) is 4.01. The summed E-state index contributed by atoms with van der Waals surface area (Å²) in [6, 6.07) is 13.8. The lowest BCUT2D eigenvalue weighted by Gasteiger charge is -2.41. The van der Waals surface area contributed by atoms with Crippen LogP contribution >= 0.6 is 0 Å². The van der Waals surface area contributed by atoms with Crippen LogP contribution in [0.3, 0.4) is 0 Å². The van der Waals surface area contributed by atoms with Crippen LogP contribution in [-0.2, 0) is 14.3 Å². The number of nitrogens with one attached hydrogen (secondary N) is 1. The molecule has 4 rings (SSSR count). The molecule has 1 N–H and O–H groups in total. The van der Waals surface area contributed by atoms with E-state index in [9.17, 15) is 4.79 Å². The summed E-state index contributed by atoms with van der Waals surface area (Å²) in [5.74, 6) is 1.20. The second-order valence-corrected chi connectivity index (χ2v) is 13.3. The van der Waals surface area contributed by atoms with Gasteiger partial charge in [0.05, 0.1) is 23.9 Å². The molecule has 1 atom stereocenters. The Morgan fingerprint density at radius 1 is 1.02 bits per heavy atom. The molecule has 8 heteroatoms. The number of aryl methyl sites for hydroxylation is 1. The molecule has 3 aromatic rings. The Morgan fingerprint density at radius 2 is 1.72 bits per heavy atom. The maximum atomic E-state index is 13.6. The van der Waals surface area contributed by atoms with E-state index in [4.69, 9.17) is 24.2 Å². The first-order valence-corrected chi connectivity index (χ1v) is 15.3. The number of rotatable bonds is 11. The van der Waals surface area contributed by atoms with Crippen molar-refractivity contribution in [2.45, 2.75) is 86.0 Å². The van der Waals surface area contributed by atoms with Crippen molar-refractivity contribution in [1.29, 1.82) is 0 Å². The third kappa shape index (κ3) is 8.92. The van der Waals surface area contributed by atoms with Crippen LogP contribution in [0.2, 0.25) is 0 Å². The van der Waals surface area contributed by atoms with Crippen molar-refractivity contribution in [2.75, 3.05) is 36.5 Å². The first-order chi connectivity index (χ1) is 20.3. The summed E-state index contributed by atoms with van der Waals surface area (Å²) in [4.78, 5) is 25.5. The van der Waals surface area contributed by atoms with E-state index in [1.807, 2.05) is 96.4 Å². The quantitative estimate of drug-likeness (QED) is 0.183. The molecule has 0 amide bonds. The van der Waals surface area contributed by atoms with Gasteiger partial charge < -0.3 is 24.4 Å². The molecule has 0 radical (unpaired) electrons. The van der Waals surface area contributed by atoms with Gasteiger partial charge in [-0.05, 0) is 84.1 Å². The molecule has 1 aromatic carbocycles. The molecule has 1 saturated heterocycles. The van der Waals surface area contributed by atoms with E-state index < -0.39 is 17.7 Å². The molecule has 0 spiro atoms. The van der Waals surface area contributed by atoms with Crippen molar-refractivity contribution in [3.8, 4) is 16.9 Å². The van der Waals surface area contributed by atoms with E-state index in [0.29, 0.717) is 13.2 Å². The Morgan fingerprint density at radius 3 is 2.33 bits per heavy atom. The first kappa shape index (κ1) is 32.3. The number of anilines is 2. The monoisotopic (exact) mass is 588 g/mol. The number of hydrogen-bond acceptors (Lipinski definition) is 8. The molecule has 3 heterocycles. The lowest BCUT2D eigenvalue weighted by Crippen LogP contribution is -2.39. The number of piperidine rings is 1. The number of benzene rings is 1. The SMILES string of the molecule is Cc1ncc(-c2ccc(NCCOc3ccccc3)nc2)c(N2CCC(C)(C)CC2)c1[C@H](OC(C)(C)C)C(=O)OC(C)C. The molecular weight excluding hydrogens is 540 g/mol. The highest BCUT2D eigenvalue weighted by Gasteiger charge is 2.37. The number of carbonyl (C=O) groups is 1. The van der Waals surface area contributed by atoms with Crippen molar-refractivity contribution in [2.24, 2.45) is 5.41 Å². The largest absolute Gasteiger partial charge is 0.492 e. The molecule has 1 aliphatic heterocycles. The number of hydrogen-bond donors (Lipinski definition) is 1. The molecule has 0 aliphatic carbocycles. The van der Waals surface area contributed by atoms with E-state index in [0.717, 1.165) is 65.6 Å². The average molecular weight is 589 g/mol. The van der Waals surface area contributed by atoms with Crippen molar-refractivity contribution < 1.29 is 19.0 Å². The van der Waals surface area contributed by atoms with Gasteiger partial charge in [0.2, 0.25) is 0 Å². The zero-order valence-corrected chi connectivity index (χ0v) is 27.1. The number of pyridine rings is 2. The van der Waals surface area contributed by atoms with Gasteiger partial charge in [-0.3, -0.25) is 4.98 Å². The average Bonchev–Trinajstić information content (AvgIpc) is 2.94. The highest BCUT2D eigenvalue weighted by molar-refractivity contribution is 5.87. The fourth-order valence-electron chi connectivity index (χ4n) is 5.20. The van der Waals surface area contributed by atoms with Gasteiger partial charge in [0.1, 0.15) is 18.2 Å². The minimum Gasteiger partial charge on any atom is -0.492 e. The molecule has 232 valence electrons. The lowest BCUT2D eigenvalue weighted by molar-refractivity contribution is -0.171. The van der Waals surface area contributed by atoms with Crippen LogP contribution in [0.1, 0.15) is 78.7 Å². The molecule has 0 saturated carbocycles. The highest BCUT2D eigenvalue weighted by atomic mass is 16.6. The van der Waals surface area contributed by atoms with Crippen molar-refractivity contribution in [1.82, 2.24) is 9.97 Å². The predicted octanol–water partition coefficient (Wildman–Crippen LogP) is 7.38. The molecule has 1 fully saturated rings.